The molecule has 4 heteroatoms. The van der Waals surface area contributed by atoms with Gasteiger partial charge in [-0.05, 0) is 34.0 Å². The van der Waals surface area contributed by atoms with Crippen molar-refractivity contribution in [2.45, 2.75) is 19.9 Å². The maximum Gasteiger partial charge on any atom is 0.252 e. The number of hydrogen-bond donors (Lipinski definition) is 1. The second kappa shape index (κ2) is 6.26. The average Bonchev–Trinajstić information content (AvgIpc) is 2.25. The smallest absolute Gasteiger partial charge is 0.252 e. The Morgan fingerprint density at radius 1 is 1.44 bits per heavy atom. The van der Waals surface area contributed by atoms with Crippen molar-refractivity contribution in [1.29, 1.82) is 0 Å². The van der Waals surface area contributed by atoms with Gasteiger partial charge in [-0.15, -0.1) is 11.6 Å². The molecule has 16 heavy (non-hydrogen) atoms. The fraction of sp³-hybridized carbons (Fsp3) is 0.417. The van der Waals surface area contributed by atoms with E-state index >= 15 is 0 Å². The molecule has 0 aromatic heterocycles. The van der Waals surface area contributed by atoms with Gasteiger partial charge in [0.15, 0.2) is 0 Å². The van der Waals surface area contributed by atoms with Gasteiger partial charge < -0.3 is 5.32 Å². The first-order chi connectivity index (χ1) is 7.56. The quantitative estimate of drug-likeness (QED) is 0.848. The van der Waals surface area contributed by atoms with Gasteiger partial charge in [0.25, 0.3) is 5.91 Å². The number of nitrogens with one attached hydrogen (secondary N) is 1. The van der Waals surface area contributed by atoms with Gasteiger partial charge in [0.1, 0.15) is 0 Å². The predicted molar refractivity (Wildman–Crippen MR) is 71.0 cm³/mol. The third-order valence-corrected chi connectivity index (χ3v) is 3.43. The molecule has 1 rings (SSSR count). The summed E-state index contributed by atoms with van der Waals surface area (Å²) < 4.78 is 0.796. The maximum atomic E-state index is 11.9. The van der Waals surface area contributed by atoms with E-state index < -0.39 is 0 Å². The van der Waals surface area contributed by atoms with Crippen LogP contribution in [0.1, 0.15) is 24.2 Å². The number of halogens is 2. The van der Waals surface area contributed by atoms with Crippen LogP contribution < -0.4 is 5.32 Å². The number of alkyl halides is 1. The SMILES string of the molecule is CC(C)[C@H](CCl)NC(=O)c1ccccc1Br. The summed E-state index contributed by atoms with van der Waals surface area (Å²) in [6.07, 6.45) is 0. The molecule has 1 aromatic rings. The third-order valence-electron chi connectivity index (χ3n) is 2.41. The third kappa shape index (κ3) is 3.49. The lowest BCUT2D eigenvalue weighted by molar-refractivity contribution is 0.0930. The summed E-state index contributed by atoms with van der Waals surface area (Å²) in [5.41, 5.74) is 0.637. The molecule has 2 nitrogen and oxygen atoms in total. The molecule has 0 aliphatic carbocycles. The van der Waals surface area contributed by atoms with Gasteiger partial charge in [0.05, 0.1) is 5.56 Å². The molecule has 0 spiro atoms. The Hall–Kier alpha value is -0.540. The molecule has 0 unspecified atom stereocenters. The lowest BCUT2D eigenvalue weighted by Crippen LogP contribution is -2.39. The van der Waals surface area contributed by atoms with Gasteiger partial charge in [-0.1, -0.05) is 26.0 Å². The topological polar surface area (TPSA) is 29.1 Å². The Kier molecular flexibility index (Phi) is 5.29. The molecule has 0 saturated carbocycles. The van der Waals surface area contributed by atoms with Crippen molar-refractivity contribution in [3.63, 3.8) is 0 Å². The van der Waals surface area contributed by atoms with Crippen LogP contribution in [0.4, 0.5) is 0 Å². The summed E-state index contributed by atoms with van der Waals surface area (Å²) in [6, 6.07) is 7.35. The van der Waals surface area contributed by atoms with E-state index in [9.17, 15) is 4.79 Å². The molecule has 0 aliphatic heterocycles. The van der Waals surface area contributed by atoms with E-state index in [1.54, 1.807) is 6.07 Å². The van der Waals surface area contributed by atoms with Crippen LogP contribution in [0, 0.1) is 5.92 Å². The molecule has 1 amide bonds. The summed E-state index contributed by atoms with van der Waals surface area (Å²) >= 11 is 9.16. The Morgan fingerprint density at radius 2 is 2.06 bits per heavy atom. The lowest BCUT2D eigenvalue weighted by atomic mass is 10.1. The van der Waals surface area contributed by atoms with Crippen molar-refractivity contribution >= 4 is 33.4 Å². The Morgan fingerprint density at radius 3 is 2.56 bits per heavy atom. The minimum atomic E-state index is -0.0909. The maximum absolute atomic E-state index is 11.9. The van der Waals surface area contributed by atoms with E-state index in [-0.39, 0.29) is 11.9 Å². The van der Waals surface area contributed by atoms with Crippen LogP contribution in [0.15, 0.2) is 28.7 Å². The second-order valence-corrected chi connectivity index (χ2v) is 5.12. The molecule has 0 saturated heterocycles. The number of hydrogen-bond acceptors (Lipinski definition) is 1. The van der Waals surface area contributed by atoms with Crippen LogP contribution in [-0.2, 0) is 0 Å². The predicted octanol–water partition coefficient (Wildman–Crippen LogP) is 3.44. The highest BCUT2D eigenvalue weighted by Crippen LogP contribution is 2.16. The van der Waals surface area contributed by atoms with Crippen molar-refractivity contribution in [1.82, 2.24) is 5.32 Å². The molecule has 1 atom stereocenters. The van der Waals surface area contributed by atoms with Crippen LogP contribution in [0.3, 0.4) is 0 Å². The van der Waals surface area contributed by atoms with Crippen LogP contribution in [-0.4, -0.2) is 17.8 Å². The molecule has 1 N–H and O–H groups in total. The molecule has 0 heterocycles. The minimum absolute atomic E-state index is 0.00118. The zero-order valence-electron chi connectivity index (χ0n) is 9.34. The second-order valence-electron chi connectivity index (χ2n) is 3.96. The fourth-order valence-corrected chi connectivity index (χ4v) is 2.17. The van der Waals surface area contributed by atoms with Crippen LogP contribution in [0.5, 0.6) is 0 Å². The van der Waals surface area contributed by atoms with Crippen molar-refractivity contribution in [3.05, 3.63) is 34.3 Å². The monoisotopic (exact) mass is 303 g/mol. The highest BCUT2D eigenvalue weighted by atomic mass is 79.9. The molecule has 0 radical (unpaired) electrons. The first-order valence-corrected chi connectivity index (χ1v) is 6.50. The Balaban J connectivity index is 2.76. The zero-order valence-corrected chi connectivity index (χ0v) is 11.7. The van der Waals surface area contributed by atoms with Crippen LogP contribution >= 0.6 is 27.5 Å². The summed E-state index contributed by atoms with van der Waals surface area (Å²) in [6.45, 7) is 4.07. The number of benzene rings is 1. The van der Waals surface area contributed by atoms with Crippen LogP contribution in [0.2, 0.25) is 0 Å². The Bertz CT molecular complexity index is 368. The number of carbonyl (C=O) groups is 1. The van der Waals surface area contributed by atoms with Crippen LogP contribution in [0.25, 0.3) is 0 Å². The number of amides is 1. The molecule has 1 aromatic carbocycles. The fourth-order valence-electron chi connectivity index (χ4n) is 1.27. The normalized spacial score (nSPS) is 12.6. The van der Waals surface area contributed by atoms with Crippen molar-refractivity contribution in [3.8, 4) is 0 Å². The number of rotatable bonds is 4. The van der Waals surface area contributed by atoms with Gasteiger partial charge in [0.2, 0.25) is 0 Å². The Labute approximate surface area is 110 Å². The molecule has 0 fully saturated rings. The largest absolute Gasteiger partial charge is 0.348 e. The lowest BCUT2D eigenvalue weighted by Gasteiger charge is -2.20. The van der Waals surface area contributed by atoms with Gasteiger partial charge in [-0.2, -0.15) is 0 Å². The molecule has 0 aliphatic rings. The average molecular weight is 305 g/mol. The van der Waals surface area contributed by atoms with E-state index in [1.165, 1.54) is 0 Å². The molecular formula is C12H15BrClNO. The standard InChI is InChI=1S/C12H15BrClNO/c1-8(2)11(7-14)15-12(16)9-5-3-4-6-10(9)13/h3-6,8,11H,7H2,1-2H3,(H,15,16)/t11-/m0/s1. The summed E-state index contributed by atoms with van der Waals surface area (Å²) in [7, 11) is 0. The van der Waals surface area contributed by atoms with Crippen molar-refractivity contribution < 1.29 is 4.79 Å². The minimum Gasteiger partial charge on any atom is -0.348 e. The first kappa shape index (κ1) is 13.5. The molecule has 0 bridgehead atoms. The van der Waals surface area contributed by atoms with E-state index in [0.717, 1.165) is 4.47 Å². The highest BCUT2D eigenvalue weighted by Gasteiger charge is 2.17. The van der Waals surface area contributed by atoms with Crippen molar-refractivity contribution in [2.75, 3.05) is 5.88 Å². The van der Waals surface area contributed by atoms with Gasteiger partial charge in [-0.3, -0.25) is 4.79 Å². The van der Waals surface area contributed by atoms with E-state index in [4.69, 9.17) is 11.6 Å². The van der Waals surface area contributed by atoms with E-state index in [1.807, 2.05) is 32.0 Å². The molecular weight excluding hydrogens is 289 g/mol. The van der Waals surface area contributed by atoms with E-state index in [0.29, 0.717) is 17.4 Å². The van der Waals surface area contributed by atoms with Gasteiger partial charge >= 0.3 is 0 Å². The van der Waals surface area contributed by atoms with Crippen molar-refractivity contribution in [2.24, 2.45) is 5.92 Å². The summed E-state index contributed by atoms with van der Waals surface area (Å²) in [4.78, 5) is 11.9. The number of carbonyl (C=O) groups excluding carboxylic acids is 1. The molecule has 88 valence electrons. The first-order valence-electron chi connectivity index (χ1n) is 5.17. The highest BCUT2D eigenvalue weighted by molar-refractivity contribution is 9.10. The van der Waals surface area contributed by atoms with Gasteiger partial charge in [0, 0.05) is 16.4 Å². The zero-order chi connectivity index (χ0) is 12.1. The summed E-state index contributed by atoms with van der Waals surface area (Å²) in [5, 5.41) is 2.92. The van der Waals surface area contributed by atoms with E-state index in [2.05, 4.69) is 21.2 Å². The van der Waals surface area contributed by atoms with Gasteiger partial charge in [-0.25, -0.2) is 0 Å². The summed E-state index contributed by atoms with van der Waals surface area (Å²) in [5.74, 6) is 0.657.